The Kier molecular flexibility index (Phi) is 4.70. The van der Waals surface area contributed by atoms with Crippen molar-refractivity contribution in [3.05, 3.63) is 0 Å². The van der Waals surface area contributed by atoms with Crippen LogP contribution in [0.1, 0.15) is 20.8 Å². The maximum absolute atomic E-state index is 11.6. The second kappa shape index (κ2) is 5.58. The zero-order chi connectivity index (χ0) is 11.4. The Hall–Kier alpha value is -0.450. The van der Waals surface area contributed by atoms with Crippen molar-refractivity contribution in [1.29, 1.82) is 0 Å². The van der Waals surface area contributed by atoms with E-state index in [1.54, 1.807) is 0 Å². The van der Waals surface area contributed by atoms with Crippen LogP contribution in [0.25, 0.3) is 0 Å². The van der Waals surface area contributed by atoms with E-state index in [2.05, 4.69) is 4.90 Å². The molecule has 2 unspecified atom stereocenters. The summed E-state index contributed by atoms with van der Waals surface area (Å²) in [5, 5.41) is 9.00. The molecule has 15 heavy (non-hydrogen) atoms. The fourth-order valence-electron chi connectivity index (χ4n) is 1.59. The quantitative estimate of drug-likeness (QED) is 0.732. The van der Waals surface area contributed by atoms with Crippen molar-refractivity contribution >= 4 is 5.78 Å². The second-order valence-corrected chi connectivity index (χ2v) is 4.54. The Morgan fingerprint density at radius 2 is 2.27 bits per heavy atom. The molecule has 1 saturated heterocycles. The topological polar surface area (TPSA) is 49.8 Å². The number of hydrogen-bond acceptors (Lipinski definition) is 4. The molecule has 88 valence electrons. The number of nitrogens with zero attached hydrogens (tertiary/aromatic N) is 1. The number of morpholine rings is 1. The third-order valence-corrected chi connectivity index (χ3v) is 2.84. The summed E-state index contributed by atoms with van der Waals surface area (Å²) < 4.78 is 5.41. The number of rotatable bonds is 4. The Labute approximate surface area is 91.2 Å². The van der Waals surface area contributed by atoms with E-state index >= 15 is 0 Å². The first-order valence-electron chi connectivity index (χ1n) is 5.53. The number of carbonyl (C=O) groups is 1. The van der Waals surface area contributed by atoms with Gasteiger partial charge in [-0.2, -0.15) is 0 Å². The lowest BCUT2D eigenvalue weighted by atomic mass is 10.1. The number of ether oxygens (including phenoxy) is 1. The molecule has 0 aliphatic carbocycles. The van der Waals surface area contributed by atoms with Gasteiger partial charge in [0.2, 0.25) is 0 Å². The third kappa shape index (κ3) is 3.55. The Morgan fingerprint density at radius 3 is 2.80 bits per heavy atom. The van der Waals surface area contributed by atoms with Crippen molar-refractivity contribution in [2.24, 2.45) is 5.92 Å². The van der Waals surface area contributed by atoms with Crippen LogP contribution in [0.2, 0.25) is 0 Å². The summed E-state index contributed by atoms with van der Waals surface area (Å²) in [4.78, 5) is 13.7. The molecule has 0 spiro atoms. The van der Waals surface area contributed by atoms with E-state index in [1.807, 2.05) is 20.8 Å². The van der Waals surface area contributed by atoms with Crippen molar-refractivity contribution in [1.82, 2.24) is 4.90 Å². The van der Waals surface area contributed by atoms with Gasteiger partial charge in [-0.25, -0.2) is 0 Å². The van der Waals surface area contributed by atoms with Crippen LogP contribution >= 0.6 is 0 Å². The summed E-state index contributed by atoms with van der Waals surface area (Å²) in [6.07, 6.45) is -0.138. The minimum Gasteiger partial charge on any atom is -0.394 e. The summed E-state index contributed by atoms with van der Waals surface area (Å²) in [5.41, 5.74) is 0. The van der Waals surface area contributed by atoms with Crippen LogP contribution in [0.3, 0.4) is 0 Å². The van der Waals surface area contributed by atoms with E-state index in [1.165, 1.54) is 0 Å². The fraction of sp³-hybridized carbons (Fsp3) is 0.909. The molecule has 0 bridgehead atoms. The molecule has 1 rings (SSSR count). The van der Waals surface area contributed by atoms with Gasteiger partial charge in [0.05, 0.1) is 25.9 Å². The molecular formula is C11H21NO3. The van der Waals surface area contributed by atoms with Gasteiger partial charge in [0, 0.05) is 18.5 Å². The molecule has 1 aliphatic heterocycles. The minimum atomic E-state index is -0.138. The van der Waals surface area contributed by atoms with Gasteiger partial charge in [0.1, 0.15) is 5.78 Å². The van der Waals surface area contributed by atoms with Crippen LogP contribution in [0.4, 0.5) is 0 Å². The highest BCUT2D eigenvalue weighted by Crippen LogP contribution is 2.12. The van der Waals surface area contributed by atoms with Gasteiger partial charge < -0.3 is 9.84 Å². The number of aliphatic hydroxyl groups is 1. The predicted molar refractivity (Wildman–Crippen MR) is 57.7 cm³/mol. The SMILES string of the molecule is CC(C)C(=O)CN1CC(CO)OCC1C. The van der Waals surface area contributed by atoms with E-state index in [-0.39, 0.29) is 30.5 Å². The monoisotopic (exact) mass is 215 g/mol. The van der Waals surface area contributed by atoms with Gasteiger partial charge in [0.15, 0.2) is 0 Å². The predicted octanol–water partition coefficient (Wildman–Crippen LogP) is 0.293. The summed E-state index contributed by atoms with van der Waals surface area (Å²) in [7, 11) is 0. The van der Waals surface area contributed by atoms with E-state index in [0.717, 1.165) is 0 Å². The van der Waals surface area contributed by atoms with Crippen molar-refractivity contribution < 1.29 is 14.6 Å². The highest BCUT2D eigenvalue weighted by atomic mass is 16.5. The molecule has 0 aromatic carbocycles. The summed E-state index contributed by atoms with van der Waals surface area (Å²) in [6, 6.07) is 0.260. The Morgan fingerprint density at radius 1 is 1.60 bits per heavy atom. The average Bonchev–Trinajstić information content (AvgIpc) is 2.21. The van der Waals surface area contributed by atoms with Crippen molar-refractivity contribution in [3.8, 4) is 0 Å². The van der Waals surface area contributed by atoms with Gasteiger partial charge in [-0.05, 0) is 6.92 Å². The molecule has 1 N–H and O–H groups in total. The maximum atomic E-state index is 11.6. The summed E-state index contributed by atoms with van der Waals surface area (Å²) in [6.45, 7) is 7.61. The van der Waals surface area contributed by atoms with Gasteiger partial charge in [-0.15, -0.1) is 0 Å². The van der Waals surface area contributed by atoms with E-state index in [4.69, 9.17) is 9.84 Å². The van der Waals surface area contributed by atoms with Crippen LogP contribution < -0.4 is 0 Å². The molecule has 1 aliphatic rings. The first kappa shape index (κ1) is 12.6. The Balaban J connectivity index is 2.47. The fourth-order valence-corrected chi connectivity index (χ4v) is 1.59. The molecule has 2 atom stereocenters. The molecule has 0 amide bonds. The molecule has 0 saturated carbocycles. The smallest absolute Gasteiger partial charge is 0.149 e. The second-order valence-electron chi connectivity index (χ2n) is 4.54. The van der Waals surface area contributed by atoms with E-state index in [0.29, 0.717) is 19.7 Å². The molecule has 4 nitrogen and oxygen atoms in total. The summed E-state index contributed by atoms with van der Waals surface area (Å²) >= 11 is 0. The molecule has 0 aromatic heterocycles. The largest absolute Gasteiger partial charge is 0.394 e. The molecule has 4 heteroatoms. The molecule has 1 fully saturated rings. The van der Waals surface area contributed by atoms with E-state index < -0.39 is 0 Å². The standard InChI is InChI=1S/C11H21NO3/c1-8(2)11(14)5-12-4-10(6-13)15-7-9(12)3/h8-10,13H,4-7H2,1-3H3. The molecule has 0 aromatic rings. The van der Waals surface area contributed by atoms with Crippen molar-refractivity contribution in [3.63, 3.8) is 0 Å². The van der Waals surface area contributed by atoms with Crippen LogP contribution in [0, 0.1) is 5.92 Å². The number of hydrogen-bond donors (Lipinski definition) is 1. The summed E-state index contributed by atoms with van der Waals surface area (Å²) in [5.74, 6) is 0.327. The lowest BCUT2D eigenvalue weighted by Crippen LogP contribution is -2.51. The number of Topliss-reactive ketones (excluding diaryl/α,β-unsaturated/α-hetero) is 1. The van der Waals surface area contributed by atoms with Crippen molar-refractivity contribution in [2.75, 3.05) is 26.3 Å². The Bertz CT molecular complexity index is 218. The van der Waals surface area contributed by atoms with Gasteiger partial charge >= 0.3 is 0 Å². The molecular weight excluding hydrogens is 194 g/mol. The first-order chi connectivity index (χ1) is 7.04. The molecule has 1 heterocycles. The third-order valence-electron chi connectivity index (χ3n) is 2.84. The zero-order valence-electron chi connectivity index (χ0n) is 9.77. The number of aliphatic hydroxyl groups excluding tert-OH is 1. The normalized spacial score (nSPS) is 28.3. The van der Waals surface area contributed by atoms with E-state index in [9.17, 15) is 4.79 Å². The zero-order valence-corrected chi connectivity index (χ0v) is 9.77. The highest BCUT2D eigenvalue weighted by molar-refractivity contribution is 5.82. The van der Waals surface area contributed by atoms with Crippen molar-refractivity contribution in [2.45, 2.75) is 32.9 Å². The van der Waals surface area contributed by atoms with Crippen LogP contribution in [0.5, 0.6) is 0 Å². The van der Waals surface area contributed by atoms with Crippen LogP contribution in [-0.2, 0) is 9.53 Å². The highest BCUT2D eigenvalue weighted by Gasteiger charge is 2.27. The van der Waals surface area contributed by atoms with Gasteiger partial charge in [0.25, 0.3) is 0 Å². The lowest BCUT2D eigenvalue weighted by Gasteiger charge is -2.37. The minimum absolute atomic E-state index is 0.0269. The van der Waals surface area contributed by atoms with Crippen LogP contribution in [0.15, 0.2) is 0 Å². The van der Waals surface area contributed by atoms with Gasteiger partial charge in [-0.3, -0.25) is 9.69 Å². The van der Waals surface area contributed by atoms with Gasteiger partial charge in [-0.1, -0.05) is 13.8 Å². The number of ketones is 1. The van der Waals surface area contributed by atoms with Crippen LogP contribution in [-0.4, -0.2) is 54.2 Å². The average molecular weight is 215 g/mol. The number of carbonyl (C=O) groups excluding carboxylic acids is 1. The molecule has 0 radical (unpaired) electrons. The maximum Gasteiger partial charge on any atom is 0.149 e. The first-order valence-corrected chi connectivity index (χ1v) is 5.53. The lowest BCUT2D eigenvalue weighted by molar-refractivity contribution is -0.128.